The van der Waals surface area contributed by atoms with Crippen LogP contribution in [0.15, 0.2) is 88.2 Å². The molecular formula is C31H24ClN3O5S. The number of methoxy groups -OCH3 is 1. The minimum atomic E-state index is -0.817. The van der Waals surface area contributed by atoms with Crippen LogP contribution in [-0.4, -0.2) is 30.9 Å². The highest BCUT2D eigenvalue weighted by molar-refractivity contribution is 7.07. The van der Waals surface area contributed by atoms with Gasteiger partial charge in [0.2, 0.25) is 0 Å². The third-order valence-corrected chi connectivity index (χ3v) is 7.57. The lowest BCUT2D eigenvalue weighted by atomic mass is 9.93. The molecule has 0 unspecified atom stereocenters. The number of halogens is 1. The molecule has 0 radical (unpaired) electrons. The molecule has 2 heterocycles. The average Bonchev–Trinajstić information content (AvgIpc) is 3.30. The zero-order valence-corrected chi connectivity index (χ0v) is 23.7. The maximum absolute atomic E-state index is 14.1. The van der Waals surface area contributed by atoms with E-state index in [1.54, 1.807) is 50.4 Å². The number of carbonyl (C=O) groups is 1. The predicted molar refractivity (Wildman–Crippen MR) is 157 cm³/mol. The van der Waals surface area contributed by atoms with Gasteiger partial charge in [0, 0.05) is 16.1 Å². The van der Waals surface area contributed by atoms with Crippen LogP contribution in [0.4, 0.5) is 0 Å². The molecule has 0 spiro atoms. The highest BCUT2D eigenvalue weighted by atomic mass is 35.5. The van der Waals surface area contributed by atoms with Gasteiger partial charge in [-0.1, -0.05) is 65.4 Å². The van der Waals surface area contributed by atoms with E-state index >= 15 is 0 Å². The molecule has 1 atom stereocenters. The van der Waals surface area contributed by atoms with Crippen LogP contribution < -0.4 is 24.4 Å². The minimum Gasteiger partial charge on any atom is -0.497 e. The molecule has 4 aromatic rings. The second-order valence-electron chi connectivity index (χ2n) is 8.83. The van der Waals surface area contributed by atoms with Crippen LogP contribution in [0.2, 0.25) is 5.02 Å². The molecule has 0 amide bonds. The van der Waals surface area contributed by atoms with Gasteiger partial charge < -0.3 is 14.2 Å². The molecule has 0 aliphatic carbocycles. The molecule has 0 N–H and O–H groups in total. The molecular weight excluding hydrogens is 562 g/mol. The summed E-state index contributed by atoms with van der Waals surface area (Å²) in [4.78, 5) is 32.9. The summed E-state index contributed by atoms with van der Waals surface area (Å²) >= 11 is 7.43. The predicted octanol–water partition coefficient (Wildman–Crippen LogP) is 4.50. The van der Waals surface area contributed by atoms with Crippen molar-refractivity contribution >= 4 is 40.7 Å². The Morgan fingerprint density at radius 2 is 1.90 bits per heavy atom. The topological polar surface area (TPSA) is 103 Å². The molecule has 0 fully saturated rings. The number of nitrogens with zero attached hydrogens (tertiary/aromatic N) is 3. The van der Waals surface area contributed by atoms with Gasteiger partial charge in [0.1, 0.15) is 17.6 Å². The van der Waals surface area contributed by atoms with E-state index in [1.165, 1.54) is 15.9 Å². The number of rotatable bonds is 8. The van der Waals surface area contributed by atoms with E-state index in [0.717, 1.165) is 0 Å². The lowest BCUT2D eigenvalue weighted by Crippen LogP contribution is -2.40. The highest BCUT2D eigenvalue weighted by Crippen LogP contribution is 2.35. The number of hydrogen-bond donors (Lipinski definition) is 0. The van der Waals surface area contributed by atoms with E-state index in [9.17, 15) is 9.59 Å². The number of benzene rings is 3. The van der Waals surface area contributed by atoms with Gasteiger partial charge in [-0.25, -0.2) is 9.79 Å². The first-order chi connectivity index (χ1) is 19.9. The van der Waals surface area contributed by atoms with Crippen LogP contribution >= 0.6 is 22.9 Å². The van der Waals surface area contributed by atoms with Crippen LogP contribution in [0.5, 0.6) is 11.5 Å². The molecule has 3 aromatic carbocycles. The number of nitriles is 1. The van der Waals surface area contributed by atoms with Crippen LogP contribution in [-0.2, 0) is 9.53 Å². The Bertz CT molecular complexity index is 1850. The maximum atomic E-state index is 14.1. The van der Waals surface area contributed by atoms with Gasteiger partial charge in [-0.15, -0.1) is 0 Å². The van der Waals surface area contributed by atoms with Gasteiger partial charge in [-0.3, -0.25) is 9.36 Å². The van der Waals surface area contributed by atoms with Gasteiger partial charge in [-0.2, -0.15) is 5.26 Å². The van der Waals surface area contributed by atoms with E-state index in [2.05, 4.69) is 0 Å². The summed E-state index contributed by atoms with van der Waals surface area (Å²) in [7, 11) is 1.57. The fourth-order valence-electron chi connectivity index (χ4n) is 4.56. The summed E-state index contributed by atoms with van der Waals surface area (Å²) < 4.78 is 18.3. The summed E-state index contributed by atoms with van der Waals surface area (Å²) in [6.07, 6.45) is 1.66. The van der Waals surface area contributed by atoms with Crippen molar-refractivity contribution < 1.29 is 19.0 Å². The molecule has 5 rings (SSSR count). The molecule has 1 aliphatic rings. The maximum Gasteiger partial charge on any atom is 0.338 e. The van der Waals surface area contributed by atoms with E-state index in [0.29, 0.717) is 48.2 Å². The Kier molecular flexibility index (Phi) is 8.34. The van der Waals surface area contributed by atoms with Crippen LogP contribution in [0.25, 0.3) is 11.8 Å². The quantitative estimate of drug-likeness (QED) is 0.282. The van der Waals surface area contributed by atoms with Gasteiger partial charge >= 0.3 is 5.97 Å². The van der Waals surface area contributed by atoms with Crippen molar-refractivity contribution in [2.45, 2.75) is 13.0 Å². The summed E-state index contributed by atoms with van der Waals surface area (Å²) in [6.45, 7) is 1.73. The monoisotopic (exact) mass is 585 g/mol. The summed E-state index contributed by atoms with van der Waals surface area (Å²) in [5, 5.41) is 9.43. The Hall–Kier alpha value is -4.65. The SMILES string of the molecule is CCOC(=O)C1=C(c2ccccc2)N=c2s/c(=C\c3cc(Cl)ccc3OCC#N)c(=O)n2[C@H]1c1ccc(OC)cc1. The Morgan fingerprint density at radius 3 is 2.59 bits per heavy atom. The zero-order chi connectivity index (χ0) is 28.9. The van der Waals surface area contributed by atoms with Crippen molar-refractivity contribution in [3.8, 4) is 17.6 Å². The standard InChI is InChI=1S/C31H24ClN3O5S/c1-3-39-30(37)26-27(19-7-5-4-6-8-19)34-31-35(28(26)20-9-12-23(38-2)13-10-20)29(36)25(41-31)18-21-17-22(32)11-14-24(21)40-16-15-33/h4-14,17-18,28H,3,16H2,1-2H3/b25-18-/t28-/m0/s1. The smallest absolute Gasteiger partial charge is 0.338 e. The van der Waals surface area contributed by atoms with E-state index in [4.69, 9.17) is 36.1 Å². The zero-order valence-electron chi connectivity index (χ0n) is 22.2. The molecule has 8 nitrogen and oxygen atoms in total. The first-order valence-electron chi connectivity index (χ1n) is 12.7. The van der Waals surface area contributed by atoms with Crippen molar-refractivity contribution in [2.24, 2.45) is 4.99 Å². The number of fused-ring (bicyclic) bond motifs is 1. The van der Waals surface area contributed by atoms with Crippen LogP contribution in [0.3, 0.4) is 0 Å². The third kappa shape index (κ3) is 5.66. The van der Waals surface area contributed by atoms with Gasteiger partial charge in [0.05, 0.1) is 35.6 Å². The lowest BCUT2D eigenvalue weighted by Gasteiger charge is -2.26. The van der Waals surface area contributed by atoms with Crippen LogP contribution in [0, 0.1) is 11.3 Å². The molecule has 10 heteroatoms. The highest BCUT2D eigenvalue weighted by Gasteiger charge is 2.35. The number of ether oxygens (including phenoxy) is 3. The van der Waals surface area contributed by atoms with Crippen molar-refractivity contribution in [2.75, 3.05) is 20.3 Å². The Balaban J connectivity index is 1.80. The van der Waals surface area contributed by atoms with Crippen LogP contribution in [0.1, 0.15) is 29.7 Å². The van der Waals surface area contributed by atoms with Crippen molar-refractivity contribution in [1.82, 2.24) is 4.57 Å². The van der Waals surface area contributed by atoms with E-state index in [-0.39, 0.29) is 24.3 Å². The number of carbonyl (C=O) groups excluding carboxylic acids is 1. The number of thiazole rings is 1. The Morgan fingerprint density at radius 1 is 1.15 bits per heavy atom. The first-order valence-corrected chi connectivity index (χ1v) is 13.9. The molecule has 0 bridgehead atoms. The van der Waals surface area contributed by atoms with E-state index in [1.807, 2.05) is 48.5 Å². The molecule has 0 saturated heterocycles. The van der Waals surface area contributed by atoms with Crippen molar-refractivity contribution in [1.29, 1.82) is 5.26 Å². The molecule has 1 aliphatic heterocycles. The number of aromatic nitrogens is 1. The summed E-state index contributed by atoms with van der Waals surface area (Å²) in [6, 6.07) is 22.6. The lowest BCUT2D eigenvalue weighted by molar-refractivity contribution is -0.138. The first kappa shape index (κ1) is 27.9. The second-order valence-corrected chi connectivity index (χ2v) is 10.3. The minimum absolute atomic E-state index is 0.157. The van der Waals surface area contributed by atoms with Gasteiger partial charge in [-0.05, 0) is 48.9 Å². The fraction of sp³-hybridized carbons (Fsp3) is 0.161. The third-order valence-electron chi connectivity index (χ3n) is 6.36. The summed E-state index contributed by atoms with van der Waals surface area (Å²) in [5.41, 5.74) is 2.27. The normalized spacial score (nSPS) is 14.6. The Labute approximate surface area is 244 Å². The van der Waals surface area contributed by atoms with Gasteiger partial charge in [0.15, 0.2) is 11.4 Å². The molecule has 0 saturated carbocycles. The summed E-state index contributed by atoms with van der Waals surface area (Å²) in [5.74, 6) is 0.481. The molecule has 1 aromatic heterocycles. The van der Waals surface area contributed by atoms with Gasteiger partial charge in [0.25, 0.3) is 5.56 Å². The second kappa shape index (κ2) is 12.3. The fourth-order valence-corrected chi connectivity index (χ4v) is 5.73. The molecule has 41 heavy (non-hydrogen) atoms. The van der Waals surface area contributed by atoms with Crippen molar-refractivity contribution in [3.63, 3.8) is 0 Å². The average molecular weight is 586 g/mol. The number of hydrogen-bond acceptors (Lipinski definition) is 8. The van der Waals surface area contributed by atoms with Crippen molar-refractivity contribution in [3.05, 3.63) is 120 Å². The number of esters is 1. The van der Waals surface area contributed by atoms with E-state index < -0.39 is 12.0 Å². The molecule has 206 valence electrons. The largest absolute Gasteiger partial charge is 0.497 e.